The summed E-state index contributed by atoms with van der Waals surface area (Å²) in [4.78, 5) is 13.7. The average molecular weight is 214 g/mol. The van der Waals surface area contributed by atoms with E-state index in [2.05, 4.69) is 11.8 Å². The first-order valence-corrected chi connectivity index (χ1v) is 5.63. The zero-order chi connectivity index (χ0) is 11.4. The van der Waals surface area contributed by atoms with Gasteiger partial charge in [-0.2, -0.15) is 0 Å². The van der Waals surface area contributed by atoms with Crippen LogP contribution < -0.4 is 5.73 Å². The predicted molar refractivity (Wildman–Crippen MR) is 59.4 cm³/mol. The fourth-order valence-electron chi connectivity index (χ4n) is 2.11. The molecule has 88 valence electrons. The summed E-state index contributed by atoms with van der Waals surface area (Å²) in [6, 6.07) is 0.467. The van der Waals surface area contributed by atoms with E-state index in [1.165, 1.54) is 7.11 Å². The number of carbonyl (C=O) groups excluding carboxylic acids is 1. The molecule has 1 heterocycles. The summed E-state index contributed by atoms with van der Waals surface area (Å²) in [7, 11) is 1.44. The van der Waals surface area contributed by atoms with Gasteiger partial charge in [-0.05, 0) is 26.3 Å². The Kier molecular flexibility index (Phi) is 4.54. The van der Waals surface area contributed by atoms with E-state index in [-0.39, 0.29) is 24.0 Å². The quantitative estimate of drug-likeness (QED) is 0.699. The van der Waals surface area contributed by atoms with Crippen LogP contribution in [0.15, 0.2) is 0 Å². The van der Waals surface area contributed by atoms with Crippen molar-refractivity contribution in [2.24, 2.45) is 11.7 Å². The Bertz CT molecular complexity index is 221. The van der Waals surface area contributed by atoms with Crippen LogP contribution in [0.2, 0.25) is 0 Å². The second-order valence-corrected chi connectivity index (χ2v) is 4.45. The fraction of sp³-hybridized carbons (Fsp3) is 0.909. The molecule has 0 amide bonds. The monoisotopic (exact) mass is 214 g/mol. The van der Waals surface area contributed by atoms with Crippen molar-refractivity contribution in [1.29, 1.82) is 0 Å². The number of methoxy groups -OCH3 is 1. The SMILES string of the molecule is COC(=O)C(C)C(C)N1CCC[C@@H](N)C1. The molecule has 0 aliphatic carbocycles. The second-order valence-electron chi connectivity index (χ2n) is 4.45. The molecule has 4 nitrogen and oxygen atoms in total. The third-order valence-corrected chi connectivity index (χ3v) is 3.36. The number of nitrogens with zero attached hydrogens (tertiary/aromatic N) is 1. The third kappa shape index (κ3) is 3.18. The molecule has 2 unspecified atom stereocenters. The van der Waals surface area contributed by atoms with Crippen LogP contribution in [0.4, 0.5) is 0 Å². The van der Waals surface area contributed by atoms with E-state index < -0.39 is 0 Å². The van der Waals surface area contributed by atoms with Crippen molar-refractivity contribution in [3.63, 3.8) is 0 Å². The Morgan fingerprint density at radius 1 is 1.53 bits per heavy atom. The van der Waals surface area contributed by atoms with Crippen molar-refractivity contribution in [3.8, 4) is 0 Å². The molecule has 1 aliphatic rings. The zero-order valence-corrected chi connectivity index (χ0v) is 9.90. The molecule has 0 saturated carbocycles. The molecule has 0 radical (unpaired) electrons. The van der Waals surface area contributed by atoms with E-state index in [4.69, 9.17) is 10.5 Å². The van der Waals surface area contributed by atoms with E-state index in [1.54, 1.807) is 0 Å². The van der Waals surface area contributed by atoms with Gasteiger partial charge in [-0.3, -0.25) is 9.69 Å². The molecule has 1 rings (SSSR count). The second kappa shape index (κ2) is 5.47. The van der Waals surface area contributed by atoms with Crippen LogP contribution in [0.5, 0.6) is 0 Å². The largest absolute Gasteiger partial charge is 0.469 e. The van der Waals surface area contributed by atoms with Crippen LogP contribution in [0.25, 0.3) is 0 Å². The van der Waals surface area contributed by atoms with Crippen LogP contribution in [-0.2, 0) is 9.53 Å². The summed E-state index contributed by atoms with van der Waals surface area (Å²) in [6.07, 6.45) is 2.22. The minimum absolute atomic E-state index is 0.0831. The minimum Gasteiger partial charge on any atom is -0.469 e. The Morgan fingerprint density at radius 3 is 2.73 bits per heavy atom. The Labute approximate surface area is 91.8 Å². The van der Waals surface area contributed by atoms with Crippen molar-refractivity contribution < 1.29 is 9.53 Å². The zero-order valence-electron chi connectivity index (χ0n) is 9.90. The van der Waals surface area contributed by atoms with Crippen LogP contribution in [0, 0.1) is 5.92 Å². The summed E-state index contributed by atoms with van der Waals surface area (Å²) in [5, 5.41) is 0. The number of hydrogen-bond donors (Lipinski definition) is 1. The molecule has 3 atom stereocenters. The Balaban J connectivity index is 2.51. The van der Waals surface area contributed by atoms with Crippen LogP contribution in [0.3, 0.4) is 0 Å². The van der Waals surface area contributed by atoms with Gasteiger partial charge in [-0.25, -0.2) is 0 Å². The molecular formula is C11H22N2O2. The number of likely N-dealkylation sites (tertiary alicyclic amines) is 1. The molecule has 1 saturated heterocycles. The number of nitrogens with two attached hydrogens (primary N) is 1. The molecule has 1 aliphatic heterocycles. The number of hydrogen-bond acceptors (Lipinski definition) is 4. The normalized spacial score (nSPS) is 27.1. The smallest absolute Gasteiger partial charge is 0.309 e. The predicted octanol–water partition coefficient (Wildman–Crippen LogP) is 0.607. The van der Waals surface area contributed by atoms with Crippen molar-refractivity contribution in [2.45, 2.75) is 38.8 Å². The molecule has 0 spiro atoms. The lowest BCUT2D eigenvalue weighted by atomic mass is 9.98. The summed E-state index contributed by atoms with van der Waals surface area (Å²) in [5.41, 5.74) is 5.91. The van der Waals surface area contributed by atoms with E-state index in [9.17, 15) is 4.79 Å². The number of piperidine rings is 1. The summed E-state index contributed by atoms with van der Waals surface area (Å²) in [5.74, 6) is -0.220. The van der Waals surface area contributed by atoms with Gasteiger partial charge in [0, 0.05) is 18.6 Å². The molecule has 4 heteroatoms. The summed E-state index contributed by atoms with van der Waals surface area (Å²) in [6.45, 7) is 5.91. The lowest BCUT2D eigenvalue weighted by Gasteiger charge is -2.37. The third-order valence-electron chi connectivity index (χ3n) is 3.36. The van der Waals surface area contributed by atoms with Crippen molar-refractivity contribution in [3.05, 3.63) is 0 Å². The van der Waals surface area contributed by atoms with Gasteiger partial charge in [-0.15, -0.1) is 0 Å². The van der Waals surface area contributed by atoms with Gasteiger partial charge in [0.25, 0.3) is 0 Å². The number of esters is 1. The first-order chi connectivity index (χ1) is 7.06. The highest BCUT2D eigenvalue weighted by Gasteiger charge is 2.28. The van der Waals surface area contributed by atoms with Crippen molar-refractivity contribution >= 4 is 5.97 Å². The molecule has 15 heavy (non-hydrogen) atoms. The highest BCUT2D eigenvalue weighted by Crippen LogP contribution is 2.17. The molecule has 2 N–H and O–H groups in total. The molecule has 0 aromatic heterocycles. The molecular weight excluding hydrogens is 192 g/mol. The lowest BCUT2D eigenvalue weighted by Crippen LogP contribution is -2.50. The first kappa shape index (κ1) is 12.5. The van der Waals surface area contributed by atoms with E-state index in [1.807, 2.05) is 6.92 Å². The van der Waals surface area contributed by atoms with Crippen LogP contribution in [0.1, 0.15) is 26.7 Å². The molecule has 1 fully saturated rings. The topological polar surface area (TPSA) is 55.6 Å². The maximum atomic E-state index is 11.4. The van der Waals surface area contributed by atoms with Gasteiger partial charge < -0.3 is 10.5 Å². The minimum atomic E-state index is -0.137. The van der Waals surface area contributed by atoms with Crippen molar-refractivity contribution in [1.82, 2.24) is 4.90 Å². The number of rotatable bonds is 3. The molecule has 0 bridgehead atoms. The molecule has 0 aromatic rings. The van der Waals surface area contributed by atoms with E-state index in [0.29, 0.717) is 0 Å². The van der Waals surface area contributed by atoms with Crippen LogP contribution in [-0.4, -0.2) is 43.2 Å². The van der Waals surface area contributed by atoms with Gasteiger partial charge in [-0.1, -0.05) is 6.92 Å². The number of carbonyl (C=O) groups is 1. The fourth-order valence-corrected chi connectivity index (χ4v) is 2.11. The van der Waals surface area contributed by atoms with E-state index in [0.717, 1.165) is 25.9 Å². The lowest BCUT2D eigenvalue weighted by molar-refractivity contribution is -0.147. The van der Waals surface area contributed by atoms with Gasteiger partial charge in [0.05, 0.1) is 13.0 Å². The maximum Gasteiger partial charge on any atom is 0.309 e. The first-order valence-electron chi connectivity index (χ1n) is 5.63. The van der Waals surface area contributed by atoms with Gasteiger partial charge >= 0.3 is 5.97 Å². The standard InChI is InChI=1S/C11H22N2O2/c1-8(11(14)15-3)9(2)13-6-4-5-10(12)7-13/h8-10H,4-7,12H2,1-3H3/t8?,9?,10-/m1/s1. The van der Waals surface area contributed by atoms with Gasteiger partial charge in [0.1, 0.15) is 0 Å². The number of ether oxygens (including phenoxy) is 1. The summed E-state index contributed by atoms with van der Waals surface area (Å²) >= 11 is 0. The van der Waals surface area contributed by atoms with Crippen molar-refractivity contribution in [2.75, 3.05) is 20.2 Å². The average Bonchev–Trinajstić information content (AvgIpc) is 2.26. The van der Waals surface area contributed by atoms with E-state index >= 15 is 0 Å². The Hall–Kier alpha value is -0.610. The highest BCUT2D eigenvalue weighted by molar-refractivity contribution is 5.72. The van der Waals surface area contributed by atoms with Gasteiger partial charge in [0.15, 0.2) is 0 Å². The molecule has 0 aromatic carbocycles. The highest BCUT2D eigenvalue weighted by atomic mass is 16.5. The van der Waals surface area contributed by atoms with Crippen LogP contribution >= 0.6 is 0 Å². The Morgan fingerprint density at radius 2 is 2.20 bits per heavy atom. The summed E-state index contributed by atoms with van der Waals surface area (Å²) < 4.78 is 4.75. The maximum absolute atomic E-state index is 11.4. The van der Waals surface area contributed by atoms with Gasteiger partial charge in [0.2, 0.25) is 0 Å².